The molecule has 1 rings (SSSR count). The van der Waals surface area contributed by atoms with Crippen LogP contribution in [0, 0.1) is 5.82 Å². The standard InChI is InChI=1S/C7H3ClF4N2O2/c8-6(15)4-5(16-7(10,11)12)3(13)2(9)1-14-4/h1H,(H2,13,14). The highest BCUT2D eigenvalue weighted by Gasteiger charge is 2.35. The van der Waals surface area contributed by atoms with Gasteiger partial charge in [-0.05, 0) is 11.6 Å². The molecule has 1 aromatic heterocycles. The van der Waals surface area contributed by atoms with Gasteiger partial charge in [0.15, 0.2) is 17.3 Å². The highest BCUT2D eigenvalue weighted by atomic mass is 35.5. The maximum Gasteiger partial charge on any atom is 0.573 e. The summed E-state index contributed by atoms with van der Waals surface area (Å²) in [7, 11) is 0. The lowest BCUT2D eigenvalue weighted by atomic mass is 10.3. The lowest BCUT2D eigenvalue weighted by Crippen LogP contribution is -2.20. The van der Waals surface area contributed by atoms with Crippen LogP contribution in [0.15, 0.2) is 6.20 Å². The minimum absolute atomic E-state index is 0.466. The Labute approximate surface area is 91.0 Å². The summed E-state index contributed by atoms with van der Waals surface area (Å²) in [5.41, 5.74) is 3.08. The van der Waals surface area contributed by atoms with Gasteiger partial charge in [0.2, 0.25) is 0 Å². The average Bonchev–Trinajstić information content (AvgIpc) is 2.10. The normalized spacial score (nSPS) is 11.3. The minimum Gasteiger partial charge on any atom is -0.401 e. The highest BCUT2D eigenvalue weighted by molar-refractivity contribution is 6.67. The predicted octanol–water partition coefficient (Wildman–Crippen LogP) is 2.08. The first-order valence-electron chi connectivity index (χ1n) is 3.62. The second kappa shape index (κ2) is 4.12. The van der Waals surface area contributed by atoms with Crippen molar-refractivity contribution in [2.24, 2.45) is 0 Å². The van der Waals surface area contributed by atoms with Crippen molar-refractivity contribution in [2.45, 2.75) is 6.36 Å². The number of nitrogen functional groups attached to an aromatic ring is 1. The summed E-state index contributed by atoms with van der Waals surface area (Å²) in [6.07, 6.45) is -4.67. The monoisotopic (exact) mass is 258 g/mol. The van der Waals surface area contributed by atoms with E-state index in [1.54, 1.807) is 0 Å². The zero-order valence-electron chi connectivity index (χ0n) is 7.31. The largest absolute Gasteiger partial charge is 0.573 e. The fraction of sp³-hybridized carbons (Fsp3) is 0.143. The van der Waals surface area contributed by atoms with Gasteiger partial charge in [0, 0.05) is 0 Å². The van der Waals surface area contributed by atoms with Gasteiger partial charge >= 0.3 is 6.36 Å². The first kappa shape index (κ1) is 12.5. The summed E-state index contributed by atoms with van der Waals surface area (Å²) in [5, 5.41) is -1.34. The van der Waals surface area contributed by atoms with E-state index in [9.17, 15) is 22.4 Å². The molecule has 0 atom stereocenters. The van der Waals surface area contributed by atoms with Crippen LogP contribution in [-0.4, -0.2) is 16.6 Å². The Morgan fingerprint density at radius 1 is 1.50 bits per heavy atom. The zero-order valence-corrected chi connectivity index (χ0v) is 8.06. The van der Waals surface area contributed by atoms with Crippen molar-refractivity contribution in [1.82, 2.24) is 4.98 Å². The number of ether oxygens (including phenoxy) is 1. The number of aromatic nitrogens is 1. The highest BCUT2D eigenvalue weighted by Crippen LogP contribution is 2.33. The van der Waals surface area contributed by atoms with E-state index in [-0.39, 0.29) is 0 Å². The first-order chi connectivity index (χ1) is 7.22. The first-order valence-corrected chi connectivity index (χ1v) is 3.99. The number of carbonyl (C=O) groups excluding carboxylic acids is 1. The maximum atomic E-state index is 12.8. The Morgan fingerprint density at radius 2 is 2.06 bits per heavy atom. The lowest BCUT2D eigenvalue weighted by molar-refractivity contribution is -0.274. The molecule has 88 valence electrons. The van der Waals surface area contributed by atoms with Crippen LogP contribution in [0.2, 0.25) is 0 Å². The van der Waals surface area contributed by atoms with Crippen molar-refractivity contribution < 1.29 is 27.1 Å². The number of nitrogens with two attached hydrogens (primary N) is 1. The molecule has 0 spiro atoms. The third-order valence-electron chi connectivity index (χ3n) is 1.43. The van der Waals surface area contributed by atoms with E-state index in [1.807, 2.05) is 0 Å². The second-order valence-corrected chi connectivity index (χ2v) is 2.86. The van der Waals surface area contributed by atoms with Crippen molar-refractivity contribution in [3.63, 3.8) is 0 Å². The number of hydrogen-bond acceptors (Lipinski definition) is 4. The molecule has 0 unspecified atom stereocenters. The molecule has 16 heavy (non-hydrogen) atoms. The van der Waals surface area contributed by atoms with Gasteiger partial charge in [-0.15, -0.1) is 13.2 Å². The van der Waals surface area contributed by atoms with Crippen molar-refractivity contribution in [3.8, 4) is 5.75 Å². The Hall–Kier alpha value is -1.57. The molecule has 2 N–H and O–H groups in total. The molecule has 9 heteroatoms. The molecule has 0 bridgehead atoms. The summed E-state index contributed by atoms with van der Waals surface area (Å²) in [5.74, 6) is -2.49. The number of rotatable bonds is 2. The molecular weight excluding hydrogens is 256 g/mol. The van der Waals surface area contributed by atoms with E-state index in [0.29, 0.717) is 6.20 Å². The summed E-state index contributed by atoms with van der Waals surface area (Å²) in [4.78, 5) is 13.8. The van der Waals surface area contributed by atoms with Gasteiger partial charge in [0.25, 0.3) is 5.24 Å². The van der Waals surface area contributed by atoms with Crippen molar-refractivity contribution in [1.29, 1.82) is 0 Å². The van der Waals surface area contributed by atoms with Gasteiger partial charge in [-0.1, -0.05) is 0 Å². The van der Waals surface area contributed by atoms with E-state index in [2.05, 4.69) is 9.72 Å². The van der Waals surface area contributed by atoms with E-state index >= 15 is 0 Å². The minimum atomic E-state index is -5.13. The zero-order chi connectivity index (χ0) is 12.5. The maximum absolute atomic E-state index is 12.8. The van der Waals surface area contributed by atoms with Gasteiger partial charge in [0.05, 0.1) is 6.20 Å². The van der Waals surface area contributed by atoms with Crippen LogP contribution in [0.25, 0.3) is 0 Å². The fourth-order valence-corrected chi connectivity index (χ4v) is 0.979. The second-order valence-electron chi connectivity index (χ2n) is 2.52. The van der Waals surface area contributed by atoms with Crippen LogP contribution in [0.3, 0.4) is 0 Å². The summed E-state index contributed by atoms with van der Waals surface area (Å²) < 4.78 is 51.9. The van der Waals surface area contributed by atoms with Crippen LogP contribution >= 0.6 is 11.6 Å². The number of alkyl halides is 3. The Morgan fingerprint density at radius 3 is 2.50 bits per heavy atom. The number of nitrogens with zero attached hydrogens (tertiary/aromatic N) is 1. The average molecular weight is 259 g/mol. The topological polar surface area (TPSA) is 65.2 Å². The molecule has 0 saturated heterocycles. The number of hydrogen-bond donors (Lipinski definition) is 1. The SMILES string of the molecule is Nc1c(F)cnc(C(=O)Cl)c1OC(F)(F)F. The van der Waals surface area contributed by atoms with Crippen LogP contribution in [0.4, 0.5) is 23.2 Å². The molecule has 0 aliphatic carbocycles. The van der Waals surface area contributed by atoms with E-state index in [4.69, 9.17) is 17.3 Å². The predicted molar refractivity (Wildman–Crippen MR) is 45.5 cm³/mol. The Kier molecular flexibility index (Phi) is 3.22. The van der Waals surface area contributed by atoms with Gasteiger partial charge in [-0.2, -0.15) is 0 Å². The molecule has 4 nitrogen and oxygen atoms in total. The molecule has 0 aliphatic rings. The molecular formula is C7H3ClF4N2O2. The molecule has 0 saturated carbocycles. The van der Waals surface area contributed by atoms with Crippen molar-refractivity contribution in [2.75, 3.05) is 5.73 Å². The van der Waals surface area contributed by atoms with Crippen LogP contribution in [-0.2, 0) is 0 Å². The lowest BCUT2D eigenvalue weighted by Gasteiger charge is -2.12. The molecule has 0 aromatic carbocycles. The van der Waals surface area contributed by atoms with Crippen LogP contribution < -0.4 is 10.5 Å². The van der Waals surface area contributed by atoms with Gasteiger partial charge in [-0.25, -0.2) is 9.37 Å². The Bertz CT molecular complexity index is 435. The molecule has 0 radical (unpaired) electrons. The Balaban J connectivity index is 3.32. The molecule has 0 amide bonds. The van der Waals surface area contributed by atoms with Gasteiger partial charge < -0.3 is 10.5 Å². The molecule has 0 aliphatic heterocycles. The van der Waals surface area contributed by atoms with Gasteiger partial charge in [-0.3, -0.25) is 4.79 Å². The van der Waals surface area contributed by atoms with E-state index in [1.165, 1.54) is 0 Å². The number of anilines is 1. The molecule has 0 fully saturated rings. The third kappa shape index (κ3) is 2.72. The molecule has 1 heterocycles. The van der Waals surface area contributed by atoms with Crippen LogP contribution in [0.1, 0.15) is 10.5 Å². The number of pyridine rings is 1. The summed E-state index contributed by atoms with van der Waals surface area (Å²) >= 11 is 4.93. The van der Waals surface area contributed by atoms with Crippen LogP contribution in [0.5, 0.6) is 5.75 Å². The molecule has 1 aromatic rings. The van der Waals surface area contributed by atoms with Crippen molar-refractivity contribution >= 4 is 22.5 Å². The number of carbonyl (C=O) groups is 1. The summed E-state index contributed by atoms with van der Waals surface area (Å²) in [6.45, 7) is 0. The fourth-order valence-electron chi connectivity index (χ4n) is 0.844. The summed E-state index contributed by atoms with van der Waals surface area (Å²) in [6, 6.07) is 0. The van der Waals surface area contributed by atoms with E-state index in [0.717, 1.165) is 0 Å². The quantitative estimate of drug-likeness (QED) is 0.651. The number of halogens is 5. The van der Waals surface area contributed by atoms with Crippen molar-refractivity contribution in [3.05, 3.63) is 17.7 Å². The van der Waals surface area contributed by atoms with Gasteiger partial charge in [0.1, 0.15) is 5.69 Å². The van der Waals surface area contributed by atoms with E-state index < -0.39 is 34.6 Å². The smallest absolute Gasteiger partial charge is 0.401 e. The third-order valence-corrected chi connectivity index (χ3v) is 1.61.